The Hall–Kier alpha value is -1.22. The molecule has 0 atom stereocenters. The summed E-state index contributed by atoms with van der Waals surface area (Å²) in [6.07, 6.45) is 9.17. The van der Waals surface area contributed by atoms with Crippen molar-refractivity contribution in [3.63, 3.8) is 0 Å². The molecule has 0 unspecified atom stereocenters. The summed E-state index contributed by atoms with van der Waals surface area (Å²) in [5.74, 6) is 6.88. The monoisotopic (exact) mass is 328 g/mol. The molecule has 24 heavy (non-hydrogen) atoms. The highest BCUT2D eigenvalue weighted by Gasteiger charge is 2.15. The molecule has 0 aliphatic heterocycles. The summed E-state index contributed by atoms with van der Waals surface area (Å²) >= 11 is 0. The first-order valence-electron chi connectivity index (χ1n) is 9.07. The van der Waals surface area contributed by atoms with Gasteiger partial charge in [-0.25, -0.2) is 0 Å². The zero-order valence-corrected chi connectivity index (χ0v) is 18.3. The van der Waals surface area contributed by atoms with E-state index in [9.17, 15) is 0 Å². The van der Waals surface area contributed by atoms with Crippen LogP contribution in [0.15, 0.2) is 35.5 Å². The Bertz CT molecular complexity index is 553. The van der Waals surface area contributed by atoms with Gasteiger partial charge in [0.1, 0.15) is 0 Å². The van der Waals surface area contributed by atoms with Gasteiger partial charge >= 0.3 is 0 Å². The zero-order valence-electron chi connectivity index (χ0n) is 18.3. The average molecular weight is 329 g/mol. The van der Waals surface area contributed by atoms with E-state index in [0.29, 0.717) is 0 Å². The van der Waals surface area contributed by atoms with Gasteiger partial charge < -0.3 is 0 Å². The van der Waals surface area contributed by atoms with E-state index in [1.54, 1.807) is 0 Å². The fourth-order valence-electron chi connectivity index (χ4n) is 1.90. The molecule has 0 aromatic carbocycles. The lowest BCUT2D eigenvalue weighted by atomic mass is 9.85. The van der Waals surface area contributed by atoms with Gasteiger partial charge in [0.15, 0.2) is 0 Å². The van der Waals surface area contributed by atoms with E-state index in [-0.39, 0.29) is 21.7 Å². The van der Waals surface area contributed by atoms with E-state index in [1.807, 2.05) is 0 Å². The van der Waals surface area contributed by atoms with E-state index in [0.717, 1.165) is 5.57 Å². The molecule has 0 rings (SSSR count). The molecule has 0 saturated carbocycles. The fraction of sp³-hybridized carbons (Fsp3) is 0.667. The third-order valence-electron chi connectivity index (χ3n) is 2.81. The molecule has 0 aromatic rings. The third-order valence-corrected chi connectivity index (χ3v) is 2.81. The number of allylic oxidation sites excluding steroid dienone is 6. The third kappa shape index (κ3) is 13.2. The van der Waals surface area contributed by atoms with Crippen LogP contribution in [0.2, 0.25) is 0 Å². The minimum absolute atomic E-state index is 0.00242. The second-order valence-corrected chi connectivity index (χ2v) is 11.1. The van der Waals surface area contributed by atoms with Crippen molar-refractivity contribution in [1.82, 2.24) is 0 Å². The van der Waals surface area contributed by atoms with Gasteiger partial charge in [-0.15, -0.1) is 0 Å². The van der Waals surface area contributed by atoms with E-state index >= 15 is 0 Å². The smallest absolute Gasteiger partial charge is 0.0280 e. The van der Waals surface area contributed by atoms with Crippen molar-refractivity contribution in [2.75, 3.05) is 0 Å². The molecule has 0 fully saturated rings. The number of hydrogen-bond acceptors (Lipinski definition) is 0. The molecular weight excluding hydrogens is 288 g/mol. The predicted molar refractivity (Wildman–Crippen MR) is 111 cm³/mol. The van der Waals surface area contributed by atoms with Crippen LogP contribution in [-0.4, -0.2) is 0 Å². The van der Waals surface area contributed by atoms with Crippen LogP contribution in [0, 0.1) is 33.5 Å². The van der Waals surface area contributed by atoms with Crippen LogP contribution >= 0.6 is 0 Å². The summed E-state index contributed by atoms with van der Waals surface area (Å²) in [4.78, 5) is 0. The highest BCUT2D eigenvalue weighted by atomic mass is 14.2. The minimum atomic E-state index is -0.00242. The first kappa shape index (κ1) is 22.8. The zero-order chi connectivity index (χ0) is 19.4. The molecule has 0 aromatic heterocycles. The topological polar surface area (TPSA) is 0 Å². The Balaban J connectivity index is 6.29. The summed E-state index contributed by atoms with van der Waals surface area (Å²) in [5.41, 5.74) is 2.71. The summed E-state index contributed by atoms with van der Waals surface area (Å²) in [5, 5.41) is 0. The van der Waals surface area contributed by atoms with Crippen molar-refractivity contribution >= 4 is 0 Å². The molecule has 0 bridgehead atoms. The molecule has 0 nitrogen and oxygen atoms in total. The molecular formula is C24H40. The molecule has 0 amide bonds. The van der Waals surface area contributed by atoms with Gasteiger partial charge in [-0.05, 0) is 42.6 Å². The minimum Gasteiger partial charge on any atom is -0.0919 e. The van der Waals surface area contributed by atoms with E-state index in [1.165, 1.54) is 5.57 Å². The van der Waals surface area contributed by atoms with Gasteiger partial charge in [0.05, 0.1) is 0 Å². The molecule has 0 N–H and O–H groups in total. The SMILES string of the molecule is CC(C)(C)C#CC(=C\C(C)(C)C)/C(=C\C(C)(C)C)/C=C/C(C)(C)C. The number of hydrogen-bond donors (Lipinski definition) is 0. The van der Waals surface area contributed by atoms with Gasteiger partial charge in [-0.2, -0.15) is 0 Å². The van der Waals surface area contributed by atoms with Crippen LogP contribution in [-0.2, 0) is 0 Å². The normalized spacial score (nSPS) is 15.5. The lowest BCUT2D eigenvalue weighted by Gasteiger charge is -2.20. The Morgan fingerprint density at radius 1 is 0.625 bits per heavy atom. The molecule has 0 radical (unpaired) electrons. The van der Waals surface area contributed by atoms with Crippen LogP contribution in [0.4, 0.5) is 0 Å². The molecule has 0 aliphatic rings. The molecule has 0 heteroatoms. The highest BCUT2D eigenvalue weighted by molar-refractivity contribution is 5.52. The summed E-state index contributed by atoms with van der Waals surface area (Å²) in [7, 11) is 0. The van der Waals surface area contributed by atoms with Crippen molar-refractivity contribution in [3.05, 3.63) is 35.5 Å². The Kier molecular flexibility index (Phi) is 7.38. The van der Waals surface area contributed by atoms with Gasteiger partial charge in [-0.1, -0.05) is 98.5 Å². The summed E-state index contributed by atoms with van der Waals surface area (Å²) in [6.45, 7) is 26.6. The van der Waals surface area contributed by atoms with Gasteiger partial charge in [0, 0.05) is 11.0 Å². The Labute approximate surface area is 152 Å². The lowest BCUT2D eigenvalue weighted by molar-refractivity contribution is 0.533. The summed E-state index contributed by atoms with van der Waals surface area (Å²) < 4.78 is 0. The number of rotatable bonds is 2. The quantitative estimate of drug-likeness (QED) is 0.362. The maximum Gasteiger partial charge on any atom is 0.0280 e. The Morgan fingerprint density at radius 2 is 1.08 bits per heavy atom. The summed E-state index contributed by atoms with van der Waals surface area (Å²) in [6, 6.07) is 0. The maximum absolute atomic E-state index is 3.47. The van der Waals surface area contributed by atoms with Crippen molar-refractivity contribution in [2.45, 2.75) is 83.1 Å². The first-order valence-corrected chi connectivity index (χ1v) is 9.07. The van der Waals surface area contributed by atoms with E-state index in [4.69, 9.17) is 0 Å². The molecule has 0 saturated heterocycles. The predicted octanol–water partition coefficient (Wildman–Crippen LogP) is 7.58. The van der Waals surface area contributed by atoms with Crippen LogP contribution in [0.1, 0.15) is 83.1 Å². The van der Waals surface area contributed by atoms with E-state index in [2.05, 4.69) is 119 Å². The van der Waals surface area contributed by atoms with E-state index < -0.39 is 0 Å². The largest absolute Gasteiger partial charge is 0.0919 e. The second-order valence-electron chi connectivity index (χ2n) is 11.1. The second kappa shape index (κ2) is 7.77. The van der Waals surface area contributed by atoms with Gasteiger partial charge in [-0.3, -0.25) is 0 Å². The van der Waals surface area contributed by atoms with Gasteiger partial charge in [0.2, 0.25) is 0 Å². The molecule has 136 valence electrons. The average Bonchev–Trinajstić information content (AvgIpc) is 2.25. The van der Waals surface area contributed by atoms with Crippen LogP contribution in [0.5, 0.6) is 0 Å². The lowest BCUT2D eigenvalue weighted by Crippen LogP contribution is -2.07. The van der Waals surface area contributed by atoms with Crippen LogP contribution in [0.25, 0.3) is 0 Å². The van der Waals surface area contributed by atoms with Crippen LogP contribution < -0.4 is 0 Å². The van der Waals surface area contributed by atoms with Crippen molar-refractivity contribution in [3.8, 4) is 11.8 Å². The standard InChI is InChI=1S/C24H40/c1-21(2,3)15-13-19(17-23(7,8)9)20(18-24(10,11)12)14-16-22(4,5)6/h13,15,17-18H,1-12H3/b15-13+,19-17-,20-18+. The first-order chi connectivity index (χ1) is 10.4. The molecule has 0 aliphatic carbocycles. The van der Waals surface area contributed by atoms with Gasteiger partial charge in [0.25, 0.3) is 0 Å². The maximum atomic E-state index is 3.47. The Morgan fingerprint density at radius 3 is 1.42 bits per heavy atom. The van der Waals surface area contributed by atoms with Crippen molar-refractivity contribution in [2.24, 2.45) is 21.7 Å². The van der Waals surface area contributed by atoms with Crippen LogP contribution in [0.3, 0.4) is 0 Å². The van der Waals surface area contributed by atoms with Crippen molar-refractivity contribution in [1.29, 1.82) is 0 Å². The van der Waals surface area contributed by atoms with Crippen molar-refractivity contribution < 1.29 is 0 Å². The fourth-order valence-corrected chi connectivity index (χ4v) is 1.90. The highest BCUT2D eigenvalue weighted by Crippen LogP contribution is 2.28. The molecule has 0 heterocycles. The molecule has 0 spiro atoms.